The molecule has 2 saturated heterocycles. The fourth-order valence-electron chi connectivity index (χ4n) is 15.4. The summed E-state index contributed by atoms with van der Waals surface area (Å²) in [5.41, 5.74) is -15.4. The smallest absolute Gasteiger partial charge is 0.400 e. The lowest BCUT2D eigenvalue weighted by Gasteiger charge is -2.46. The van der Waals surface area contributed by atoms with E-state index in [1.54, 1.807) is 60.7 Å². The number of aromatic nitrogens is 9. The van der Waals surface area contributed by atoms with E-state index in [-0.39, 0.29) is 112 Å². The lowest BCUT2D eigenvalue weighted by molar-refractivity contribution is -0.145. The Morgan fingerprint density at radius 1 is 0.377 bits per heavy atom. The van der Waals surface area contributed by atoms with E-state index in [4.69, 9.17) is 19.3 Å². The fourth-order valence-corrected chi connectivity index (χ4v) is 15.4. The first-order valence-corrected chi connectivity index (χ1v) is 37.5. The van der Waals surface area contributed by atoms with Crippen LogP contribution < -0.4 is 43.7 Å². The number of ether oxygens (including phenoxy) is 3. The molecule has 3 amide bonds. The Labute approximate surface area is 683 Å². The predicted molar refractivity (Wildman–Crippen MR) is 403 cm³/mol. The number of nitrogens with zero attached hydrogens (tertiary/aromatic N) is 6. The SMILES string of the molecule is CNC(=O)C1(n2cn[nH]c2=O)CCC(CO[C@H](C)c2cc(C(F)(F)F)cc(C(F)(F)F)c2)(c2ccccc2)CC1.CNC(=O)[C@@]1(n2cn[nH]c2=O)CC[C@@](CO[C@H](C)c2cc(C(F)(F)F)cc(C(F)(F)F)c2)(c2ccccc2)NC1.CNC(=O)[C@]1(n2cn[nH]c2=O)CC[C@@](CO[C@H](C)c2cc(C(F)(F)F)cc(C(F)(F)F)c2)(c2ccccc2)NC1.CO. The van der Waals surface area contributed by atoms with E-state index >= 15 is 0 Å². The molecule has 9 N–H and O–H groups in total. The number of piperidine rings is 2. The van der Waals surface area contributed by atoms with Crippen molar-refractivity contribution in [2.45, 2.75) is 161 Å². The second-order valence-corrected chi connectivity index (χ2v) is 29.6. The van der Waals surface area contributed by atoms with E-state index in [0.717, 1.165) is 23.8 Å². The summed E-state index contributed by atoms with van der Waals surface area (Å²) in [5, 5.41) is 39.4. The van der Waals surface area contributed by atoms with Crippen molar-refractivity contribution < 1.29 is 113 Å². The van der Waals surface area contributed by atoms with Gasteiger partial charge in [0.1, 0.15) is 35.6 Å². The number of H-pyrrole nitrogens is 3. The number of carbonyl (C=O) groups is 3. The quantitative estimate of drug-likeness (QED) is 0.0302. The molecule has 7 atom stereocenters. The minimum Gasteiger partial charge on any atom is -0.400 e. The van der Waals surface area contributed by atoms with Crippen molar-refractivity contribution in [1.82, 2.24) is 70.9 Å². The number of aliphatic hydroxyl groups is 1. The lowest BCUT2D eigenvalue weighted by atomic mass is 9.64. The summed E-state index contributed by atoms with van der Waals surface area (Å²) in [5.74, 6) is -1.26. The molecule has 3 aromatic heterocycles. The van der Waals surface area contributed by atoms with Gasteiger partial charge in [-0.3, -0.25) is 28.1 Å². The Balaban J connectivity index is 0.000000206. The molecule has 3 aliphatic rings. The van der Waals surface area contributed by atoms with Gasteiger partial charge in [0.15, 0.2) is 0 Å². The number of carbonyl (C=O) groups excluding carboxylic acids is 3. The van der Waals surface area contributed by atoms with Crippen LogP contribution in [0.25, 0.3) is 0 Å². The van der Waals surface area contributed by atoms with Gasteiger partial charge in [0.2, 0.25) is 17.7 Å². The van der Waals surface area contributed by atoms with Crippen molar-refractivity contribution in [2.75, 3.05) is 61.2 Å². The van der Waals surface area contributed by atoms with Gasteiger partial charge in [-0.25, -0.2) is 29.7 Å². The number of hydrogen-bond donors (Lipinski definition) is 9. The molecule has 662 valence electrons. The summed E-state index contributed by atoms with van der Waals surface area (Å²) in [6.45, 7) is 3.71. The van der Waals surface area contributed by atoms with Crippen LogP contribution >= 0.6 is 0 Å². The highest BCUT2D eigenvalue weighted by molar-refractivity contribution is 5.86. The number of likely N-dealkylation sites (N-methyl/N-ethyl adjacent to an activating group) is 3. The van der Waals surface area contributed by atoms with Gasteiger partial charge in [-0.15, -0.1) is 0 Å². The Hall–Kier alpha value is -11.0. The van der Waals surface area contributed by atoms with Gasteiger partial charge in [-0.05, 0) is 160 Å². The molecule has 9 aromatic rings. The van der Waals surface area contributed by atoms with Crippen LogP contribution in [0.15, 0.2) is 179 Å². The highest BCUT2D eigenvalue weighted by Crippen LogP contribution is 2.49. The van der Waals surface area contributed by atoms with Gasteiger partial charge in [0.05, 0.1) is 82.6 Å². The Bertz CT molecular complexity index is 4590. The Morgan fingerprint density at radius 3 is 0.861 bits per heavy atom. The maximum atomic E-state index is 13.4. The number of amides is 3. The summed E-state index contributed by atoms with van der Waals surface area (Å²) in [4.78, 5) is 76.2. The number of aliphatic hydroxyl groups excluding tert-OH is 1. The van der Waals surface area contributed by atoms with Crippen LogP contribution in [-0.4, -0.2) is 128 Å². The minimum absolute atomic E-state index is 0.0411. The van der Waals surface area contributed by atoms with Gasteiger partial charge in [0, 0.05) is 46.8 Å². The summed E-state index contributed by atoms with van der Waals surface area (Å²) in [6.07, 6.45) is -27.7. The second kappa shape index (κ2) is 37.4. The third kappa shape index (κ3) is 20.9. The standard InChI is InChI=1S/C27H28F6N4O3.2C26H27F6N5O3.CH4O/c1-17(18-12-20(26(28,29)30)14-21(13-18)27(31,32)33)40-15-24(19-6-4-3-5-7-19)8-10-25(11-9-24,22(38)34-2)37-16-35-36-23(37)39;2*1-16(17-10-19(25(27,28)29)12-20(11-17)26(30,31)32)40-14-23(18-6-4-3-5-7-18)8-9-24(13-34-23,21(38)33-2)37-15-35-36-22(37)39;1-2/h3-7,12-14,16-17H,8-11,15H2,1-2H3,(H,34,38)(H,36,39);2*3-7,10-12,15-16,34H,8-9,13-14H2,1-2H3,(H,33,38)(H,36,39);2H,1H3/t17-,24?,25?;16-,23-,24+;16-,23-,24-;/m111./s1. The molecule has 12 rings (SSSR count). The summed E-state index contributed by atoms with van der Waals surface area (Å²) in [7, 11) is 5.33. The summed E-state index contributed by atoms with van der Waals surface area (Å²) in [6, 6.07) is 31.1. The van der Waals surface area contributed by atoms with Crippen molar-refractivity contribution in [1.29, 1.82) is 0 Å². The molecule has 0 spiro atoms. The largest absolute Gasteiger partial charge is 0.416 e. The van der Waals surface area contributed by atoms with Crippen molar-refractivity contribution in [3.8, 4) is 0 Å². The van der Waals surface area contributed by atoms with Crippen molar-refractivity contribution in [3.05, 3.63) is 263 Å². The zero-order valence-corrected chi connectivity index (χ0v) is 66.1. The van der Waals surface area contributed by atoms with Gasteiger partial charge >= 0.3 is 54.1 Å². The van der Waals surface area contributed by atoms with E-state index in [9.17, 15) is 108 Å². The topological polar surface area (TPSA) is 311 Å². The number of benzene rings is 6. The van der Waals surface area contributed by atoms with Gasteiger partial charge in [0.25, 0.3) is 0 Å². The Morgan fingerprint density at radius 2 is 0.623 bits per heavy atom. The molecule has 0 bridgehead atoms. The van der Waals surface area contributed by atoms with Gasteiger partial charge in [-0.2, -0.15) is 94.3 Å². The molecule has 0 radical (unpaired) electrons. The van der Waals surface area contributed by atoms with Crippen molar-refractivity contribution in [3.63, 3.8) is 0 Å². The number of nitrogens with one attached hydrogen (secondary N) is 8. The normalized spacial score (nSPS) is 22.3. The van der Waals surface area contributed by atoms with Crippen LogP contribution in [0, 0.1) is 0 Å². The lowest BCUT2D eigenvalue weighted by Crippen LogP contribution is -2.64. The van der Waals surface area contributed by atoms with Crippen LogP contribution in [0.3, 0.4) is 0 Å². The van der Waals surface area contributed by atoms with Crippen LogP contribution in [0.5, 0.6) is 0 Å². The van der Waals surface area contributed by atoms with Gasteiger partial charge < -0.3 is 45.9 Å². The number of hydrogen-bond acceptors (Lipinski definition) is 15. The first kappa shape index (κ1) is 94.9. The molecule has 6 aromatic carbocycles. The molecule has 122 heavy (non-hydrogen) atoms. The fraction of sp³-hybridized carbons (Fsp3) is 0.438. The second-order valence-electron chi connectivity index (χ2n) is 29.6. The summed E-state index contributed by atoms with van der Waals surface area (Å²) < 4.78 is 263. The highest BCUT2D eigenvalue weighted by Gasteiger charge is 2.54. The average molecular weight is 1750 g/mol. The number of aromatic amines is 3. The van der Waals surface area contributed by atoms with Crippen LogP contribution in [0.1, 0.15) is 157 Å². The van der Waals surface area contributed by atoms with E-state index in [0.29, 0.717) is 49.2 Å². The number of alkyl halides is 18. The Kier molecular flexibility index (Phi) is 29.1. The molecule has 24 nitrogen and oxygen atoms in total. The monoisotopic (exact) mass is 1740 g/mol. The highest BCUT2D eigenvalue weighted by atomic mass is 19.4. The molecule has 42 heteroatoms. The summed E-state index contributed by atoms with van der Waals surface area (Å²) >= 11 is 0. The van der Waals surface area contributed by atoms with E-state index < -0.39 is 151 Å². The predicted octanol–water partition coefficient (Wildman–Crippen LogP) is 13.2. The average Bonchev–Trinajstić information content (AvgIpc) is 1.25. The molecule has 5 heterocycles. The molecule has 3 fully saturated rings. The molecule has 1 saturated carbocycles. The van der Waals surface area contributed by atoms with Crippen molar-refractivity contribution in [2.24, 2.45) is 0 Å². The van der Waals surface area contributed by atoms with Crippen LogP contribution in [0.4, 0.5) is 79.0 Å². The molecular formula is C80H86F18N14O10. The molecule has 1 aliphatic carbocycles. The maximum Gasteiger partial charge on any atom is 0.416 e. The van der Waals surface area contributed by atoms with Crippen LogP contribution in [-0.2, 0) is 98.8 Å². The zero-order chi connectivity index (χ0) is 90.0. The molecular weight excluding hydrogens is 1660 g/mol. The molecule has 2 aliphatic heterocycles. The van der Waals surface area contributed by atoms with Crippen molar-refractivity contribution >= 4 is 17.7 Å². The van der Waals surface area contributed by atoms with Gasteiger partial charge in [-0.1, -0.05) is 91.0 Å². The third-order valence-electron chi connectivity index (χ3n) is 22.4. The molecule has 0 unspecified atom stereocenters. The van der Waals surface area contributed by atoms with E-state index in [2.05, 4.69) is 57.2 Å². The van der Waals surface area contributed by atoms with E-state index in [1.807, 2.05) is 30.3 Å². The minimum atomic E-state index is -4.99. The third-order valence-corrected chi connectivity index (χ3v) is 22.4. The number of rotatable bonds is 21. The van der Waals surface area contributed by atoms with Crippen LogP contribution in [0.2, 0.25) is 0 Å². The first-order valence-electron chi connectivity index (χ1n) is 37.5. The maximum absolute atomic E-state index is 13.4. The number of halogens is 18. The first-order chi connectivity index (χ1) is 57.1. The zero-order valence-electron chi connectivity index (χ0n) is 66.1. The van der Waals surface area contributed by atoms with E-state index in [1.165, 1.54) is 74.6 Å².